The van der Waals surface area contributed by atoms with Crippen molar-refractivity contribution in [3.05, 3.63) is 0 Å². The molecule has 0 radical (unpaired) electrons. The van der Waals surface area contributed by atoms with Crippen LogP contribution in [0.3, 0.4) is 0 Å². The van der Waals surface area contributed by atoms with Crippen molar-refractivity contribution in [1.82, 2.24) is 0 Å². The van der Waals surface area contributed by atoms with Gasteiger partial charge in [-0.25, -0.2) is 14.7 Å². The van der Waals surface area contributed by atoms with E-state index in [1.165, 1.54) is 0 Å². The molecule has 0 aliphatic carbocycles. The minimum atomic E-state index is -2.65. The summed E-state index contributed by atoms with van der Waals surface area (Å²) in [7, 11) is 0. The molecule has 0 aromatic rings. The predicted octanol–water partition coefficient (Wildman–Crippen LogP) is 0.922. The molecule has 0 unspecified atom stereocenters. The first-order chi connectivity index (χ1) is 3.56. The normalized spacial score (nSPS) is 12.0. The first kappa shape index (κ1) is 7.78. The fourth-order valence-electron chi connectivity index (χ4n) is 0.238. The van der Waals surface area contributed by atoms with Crippen LogP contribution in [-0.4, -0.2) is 12.5 Å². The summed E-state index contributed by atoms with van der Waals surface area (Å²) in [5.74, 6) is 1.85. The maximum atomic E-state index is 11.8. The molecular weight excluding hydrogens is 116 g/mol. The van der Waals surface area contributed by atoms with Gasteiger partial charge in [-0.05, 0) is 6.92 Å². The van der Waals surface area contributed by atoms with Crippen molar-refractivity contribution in [3.8, 4) is 0 Å². The molecule has 0 fully saturated rings. The summed E-state index contributed by atoms with van der Waals surface area (Å²) in [6, 6.07) is 0. The first-order valence-electron chi connectivity index (χ1n) is 2.26. The second-order valence-corrected chi connectivity index (χ2v) is 1.69. The molecule has 0 saturated carbocycles. The molecule has 4 heteroatoms. The number of hydrogen-bond acceptors (Lipinski definition) is 2. The maximum Gasteiger partial charge on any atom is 0.247 e. The summed E-state index contributed by atoms with van der Waals surface area (Å²) in [4.78, 5) is 3.94. The molecule has 2 N–H and O–H groups in total. The van der Waals surface area contributed by atoms with Crippen LogP contribution in [0.4, 0.5) is 8.78 Å². The van der Waals surface area contributed by atoms with Crippen molar-refractivity contribution in [3.63, 3.8) is 0 Å². The van der Waals surface area contributed by atoms with E-state index < -0.39 is 5.92 Å². The predicted molar refractivity (Wildman–Crippen MR) is 25.4 cm³/mol. The molecule has 0 amide bonds. The first-order valence-corrected chi connectivity index (χ1v) is 2.26. The maximum absolute atomic E-state index is 11.8. The standard InChI is InChI=1S/C4H9F2NO/c1-4(5,6)2-3-8-7/h2-3,7H2,1H3. The summed E-state index contributed by atoms with van der Waals surface area (Å²) in [5.41, 5.74) is 0. The van der Waals surface area contributed by atoms with E-state index in [2.05, 4.69) is 10.7 Å². The Morgan fingerprint density at radius 1 is 1.62 bits per heavy atom. The quantitative estimate of drug-likeness (QED) is 0.569. The van der Waals surface area contributed by atoms with Gasteiger partial charge in [-0.3, -0.25) is 0 Å². The van der Waals surface area contributed by atoms with Gasteiger partial charge in [0.1, 0.15) is 0 Å². The summed E-state index contributed by atoms with van der Waals surface area (Å²) in [6.07, 6.45) is -0.316. The minimum absolute atomic E-state index is 0.0938. The van der Waals surface area contributed by atoms with Crippen LogP contribution in [0, 0.1) is 0 Å². The van der Waals surface area contributed by atoms with Gasteiger partial charge < -0.3 is 4.84 Å². The van der Waals surface area contributed by atoms with E-state index in [1.807, 2.05) is 0 Å². The van der Waals surface area contributed by atoms with E-state index in [-0.39, 0.29) is 13.0 Å². The van der Waals surface area contributed by atoms with Crippen molar-refractivity contribution < 1.29 is 13.6 Å². The van der Waals surface area contributed by atoms with Crippen molar-refractivity contribution >= 4 is 0 Å². The van der Waals surface area contributed by atoms with Gasteiger partial charge in [-0.1, -0.05) is 0 Å². The molecule has 0 heterocycles. The van der Waals surface area contributed by atoms with Gasteiger partial charge in [-0.2, -0.15) is 0 Å². The lowest BCUT2D eigenvalue weighted by Crippen LogP contribution is -2.14. The number of rotatable bonds is 3. The van der Waals surface area contributed by atoms with E-state index in [4.69, 9.17) is 0 Å². The molecule has 50 valence electrons. The van der Waals surface area contributed by atoms with Gasteiger partial charge in [0.2, 0.25) is 5.92 Å². The highest BCUT2D eigenvalue weighted by Crippen LogP contribution is 2.15. The number of alkyl halides is 2. The van der Waals surface area contributed by atoms with Gasteiger partial charge in [0.05, 0.1) is 6.61 Å². The summed E-state index contributed by atoms with van der Waals surface area (Å²) in [5, 5.41) is 0. The third-order valence-corrected chi connectivity index (χ3v) is 0.659. The zero-order valence-corrected chi connectivity index (χ0v) is 4.66. The number of halogens is 2. The smallest absolute Gasteiger partial charge is 0.247 e. The van der Waals surface area contributed by atoms with Crippen LogP contribution in [0.1, 0.15) is 13.3 Å². The van der Waals surface area contributed by atoms with Crippen LogP contribution in [0.2, 0.25) is 0 Å². The molecule has 0 atom stereocenters. The Bertz CT molecular complexity index is 61.5. The van der Waals surface area contributed by atoms with Crippen LogP contribution >= 0.6 is 0 Å². The Balaban J connectivity index is 3.11. The Morgan fingerprint density at radius 2 is 2.12 bits per heavy atom. The number of nitrogens with two attached hydrogens (primary N) is 1. The van der Waals surface area contributed by atoms with Crippen molar-refractivity contribution in [2.75, 3.05) is 6.61 Å². The lowest BCUT2D eigenvalue weighted by Gasteiger charge is -2.06. The second kappa shape index (κ2) is 2.94. The molecular formula is C4H9F2NO. The lowest BCUT2D eigenvalue weighted by atomic mass is 10.3. The van der Waals surface area contributed by atoms with Crippen LogP contribution in [-0.2, 0) is 4.84 Å². The average molecular weight is 125 g/mol. The van der Waals surface area contributed by atoms with Gasteiger partial charge in [0.15, 0.2) is 0 Å². The molecule has 2 nitrogen and oxygen atoms in total. The van der Waals surface area contributed by atoms with E-state index in [1.54, 1.807) is 0 Å². The molecule has 0 aromatic heterocycles. The fourth-order valence-corrected chi connectivity index (χ4v) is 0.238. The Morgan fingerprint density at radius 3 is 2.25 bits per heavy atom. The topological polar surface area (TPSA) is 35.2 Å². The van der Waals surface area contributed by atoms with Crippen molar-refractivity contribution in [1.29, 1.82) is 0 Å². The third-order valence-electron chi connectivity index (χ3n) is 0.659. The highest BCUT2D eigenvalue weighted by molar-refractivity contribution is 4.55. The van der Waals surface area contributed by atoms with Gasteiger partial charge in [-0.15, -0.1) is 0 Å². The van der Waals surface area contributed by atoms with Crippen LogP contribution < -0.4 is 5.90 Å². The number of hydrogen-bond donors (Lipinski definition) is 1. The van der Waals surface area contributed by atoms with E-state index in [0.29, 0.717) is 0 Å². The minimum Gasteiger partial charge on any atom is -0.304 e. The van der Waals surface area contributed by atoms with Crippen LogP contribution in [0.25, 0.3) is 0 Å². The average Bonchev–Trinajstić information content (AvgIpc) is 1.59. The van der Waals surface area contributed by atoms with Crippen LogP contribution in [0.5, 0.6) is 0 Å². The Hall–Kier alpha value is -0.220. The molecule has 8 heavy (non-hydrogen) atoms. The largest absolute Gasteiger partial charge is 0.304 e. The van der Waals surface area contributed by atoms with Gasteiger partial charge >= 0.3 is 0 Å². The highest BCUT2D eigenvalue weighted by Gasteiger charge is 2.19. The highest BCUT2D eigenvalue weighted by atomic mass is 19.3. The zero-order valence-electron chi connectivity index (χ0n) is 4.66. The van der Waals surface area contributed by atoms with Crippen molar-refractivity contribution in [2.24, 2.45) is 5.90 Å². The summed E-state index contributed by atoms with van der Waals surface area (Å²) in [6.45, 7) is 0.732. The molecule has 0 aliphatic heterocycles. The van der Waals surface area contributed by atoms with Crippen LogP contribution in [0.15, 0.2) is 0 Å². The Labute approximate surface area is 46.6 Å². The molecule has 0 bridgehead atoms. The Kier molecular flexibility index (Phi) is 2.86. The zero-order chi connectivity index (χ0) is 6.62. The van der Waals surface area contributed by atoms with Gasteiger partial charge in [0, 0.05) is 6.42 Å². The summed E-state index contributed by atoms with van der Waals surface area (Å²) >= 11 is 0. The SMILES string of the molecule is CC(F)(F)CCON. The van der Waals surface area contributed by atoms with E-state index in [0.717, 1.165) is 6.92 Å². The van der Waals surface area contributed by atoms with E-state index in [9.17, 15) is 8.78 Å². The lowest BCUT2D eigenvalue weighted by molar-refractivity contribution is -0.0168. The summed E-state index contributed by atoms with van der Waals surface area (Å²) < 4.78 is 23.5. The van der Waals surface area contributed by atoms with E-state index >= 15 is 0 Å². The molecule has 0 aromatic carbocycles. The molecule has 0 saturated heterocycles. The van der Waals surface area contributed by atoms with Gasteiger partial charge in [0.25, 0.3) is 0 Å². The fraction of sp³-hybridized carbons (Fsp3) is 1.00. The molecule has 0 rings (SSSR count). The van der Waals surface area contributed by atoms with Crippen molar-refractivity contribution in [2.45, 2.75) is 19.3 Å². The third kappa shape index (κ3) is 5.78. The monoisotopic (exact) mass is 125 g/mol. The molecule has 0 spiro atoms. The second-order valence-electron chi connectivity index (χ2n) is 1.69. The molecule has 0 aliphatic rings.